The van der Waals surface area contributed by atoms with E-state index in [0.717, 1.165) is 125 Å². The molecule has 5 aromatic rings. The van der Waals surface area contributed by atoms with Crippen LogP contribution < -0.4 is 25.3 Å². The second-order valence-corrected chi connectivity index (χ2v) is 22.9. The third-order valence-corrected chi connectivity index (χ3v) is 17.6. The van der Waals surface area contributed by atoms with E-state index in [2.05, 4.69) is 69.0 Å². The van der Waals surface area contributed by atoms with Gasteiger partial charge in [-0.1, -0.05) is 115 Å². The van der Waals surface area contributed by atoms with Gasteiger partial charge in [-0.15, -0.1) is 0 Å². The number of piperidine rings is 3. The van der Waals surface area contributed by atoms with Crippen molar-refractivity contribution in [2.45, 2.75) is 126 Å². The van der Waals surface area contributed by atoms with Crippen molar-refractivity contribution in [2.24, 2.45) is 0 Å². The summed E-state index contributed by atoms with van der Waals surface area (Å²) in [6, 6.07) is 45.2. The van der Waals surface area contributed by atoms with E-state index in [4.69, 9.17) is 9.47 Å². The molecule has 0 aliphatic carbocycles. The maximum atomic E-state index is 13.5. The summed E-state index contributed by atoms with van der Waals surface area (Å²) in [5.41, 5.74) is 5.89. The van der Waals surface area contributed by atoms with Gasteiger partial charge in [-0.2, -0.15) is 0 Å². The lowest BCUT2D eigenvalue weighted by molar-refractivity contribution is -0.144. The molecule has 6 aliphatic heterocycles. The lowest BCUT2D eigenvalue weighted by Gasteiger charge is -2.37. The van der Waals surface area contributed by atoms with E-state index in [9.17, 15) is 28.8 Å². The Morgan fingerprint density at radius 3 is 1.12 bits per heavy atom. The predicted molar refractivity (Wildman–Crippen MR) is 311 cm³/mol. The first-order valence-electron chi connectivity index (χ1n) is 28.5. The SMILES string of the molecule is CNC(=O)CC1(C)C(=O)N(C2CCN(Cc3ccccc3)CC2)c2ccccc21.COC(=O)CC1(C)C(=O)N(C2CCN(Cc3ccccc3)CC2)c2ccccc21.COC(=O)CC1(C)C(=O)N(C2CCNCC2)c2ccccc21. The number of hydrogen-bond donors (Lipinski definition) is 2. The predicted octanol–water partition coefficient (Wildman–Crippen LogP) is 8.22. The Morgan fingerprint density at radius 1 is 0.475 bits per heavy atom. The zero-order chi connectivity index (χ0) is 56.6. The number of likely N-dealkylation sites (tertiary alicyclic amines) is 2. The zero-order valence-corrected chi connectivity index (χ0v) is 47.5. The van der Waals surface area contributed by atoms with Gasteiger partial charge >= 0.3 is 11.9 Å². The van der Waals surface area contributed by atoms with E-state index >= 15 is 0 Å². The molecule has 422 valence electrons. The first kappa shape index (κ1) is 57.5. The second kappa shape index (κ2) is 25.1. The standard InChI is InChI=1S/C24H29N3O2.C24H28N2O3.C17H22N2O3/c1-24(16-22(28)25-2)20-10-6-7-11-21(20)27(23(24)29)19-12-14-26(15-13-19)17-18-8-4-3-5-9-18;1-24(16-22(27)29-2)20-10-6-7-11-21(20)26(23(24)28)19-12-14-25(15-13-19)17-18-8-4-3-5-9-18;1-17(11-15(20)22-2)13-5-3-4-6-14(13)19(16(17)21)12-7-9-18-10-8-12/h3-11,19H,12-17H2,1-2H3,(H,25,28);3-11,19H,12-17H2,1-2H3;3-6,12,18H,7-11H2,1-2H3. The van der Waals surface area contributed by atoms with Gasteiger partial charge in [0.25, 0.3) is 0 Å². The summed E-state index contributed by atoms with van der Waals surface area (Å²) < 4.78 is 9.68. The quantitative estimate of drug-likeness (QED) is 0.109. The monoisotopic (exact) mass is 1090 g/mol. The van der Waals surface area contributed by atoms with Gasteiger partial charge < -0.3 is 34.8 Å². The Bertz CT molecular complexity index is 2860. The van der Waals surface area contributed by atoms with E-state index in [1.807, 2.05) is 120 Å². The molecule has 15 nitrogen and oxygen atoms in total. The van der Waals surface area contributed by atoms with Gasteiger partial charge in [0.2, 0.25) is 23.6 Å². The molecule has 11 rings (SSSR count). The van der Waals surface area contributed by atoms with Crippen LogP contribution in [-0.4, -0.2) is 124 Å². The van der Waals surface area contributed by atoms with Gasteiger partial charge in [0, 0.05) is 87.9 Å². The molecule has 0 spiro atoms. The number of amides is 4. The molecule has 3 atom stereocenters. The molecule has 3 unspecified atom stereocenters. The van der Waals surface area contributed by atoms with Crippen LogP contribution in [-0.2, 0) is 67.6 Å². The van der Waals surface area contributed by atoms with Gasteiger partial charge in [-0.25, -0.2) is 0 Å². The number of carbonyl (C=O) groups is 6. The summed E-state index contributed by atoms with van der Waals surface area (Å²) in [5, 5.41) is 6.00. The van der Waals surface area contributed by atoms with Crippen molar-refractivity contribution in [3.8, 4) is 0 Å². The highest BCUT2D eigenvalue weighted by Crippen LogP contribution is 2.49. The normalized spacial score (nSPS) is 23.3. The average Bonchev–Trinajstić information content (AvgIpc) is 3.96. The van der Waals surface area contributed by atoms with Crippen LogP contribution >= 0.6 is 0 Å². The van der Waals surface area contributed by atoms with Crippen LogP contribution in [0.1, 0.15) is 106 Å². The lowest BCUT2D eigenvalue weighted by atomic mass is 9.80. The van der Waals surface area contributed by atoms with Gasteiger partial charge in [0.1, 0.15) is 0 Å². The third kappa shape index (κ3) is 11.8. The molecule has 3 saturated heterocycles. The van der Waals surface area contributed by atoms with Crippen molar-refractivity contribution in [1.29, 1.82) is 0 Å². The first-order chi connectivity index (χ1) is 38.6. The lowest BCUT2D eigenvalue weighted by Crippen LogP contribution is -2.49. The summed E-state index contributed by atoms with van der Waals surface area (Å²) in [6.45, 7) is 13.2. The molecule has 3 fully saturated rings. The fourth-order valence-corrected chi connectivity index (χ4v) is 13.1. The number of ether oxygens (including phenoxy) is 2. The van der Waals surface area contributed by atoms with E-state index in [1.165, 1.54) is 25.3 Å². The summed E-state index contributed by atoms with van der Waals surface area (Å²) >= 11 is 0. The fraction of sp³-hybridized carbons (Fsp3) is 0.446. The topological polar surface area (TPSA) is 161 Å². The van der Waals surface area contributed by atoms with Crippen LogP contribution in [0, 0.1) is 0 Å². The maximum absolute atomic E-state index is 13.5. The molecular weight excluding hydrogens is 1010 g/mol. The van der Waals surface area contributed by atoms with Gasteiger partial charge in [0.15, 0.2) is 0 Å². The van der Waals surface area contributed by atoms with Crippen molar-refractivity contribution in [3.63, 3.8) is 0 Å². The van der Waals surface area contributed by atoms with Crippen LogP contribution in [0.15, 0.2) is 133 Å². The average molecular weight is 1090 g/mol. The molecule has 15 heteroatoms. The largest absolute Gasteiger partial charge is 0.469 e. The number of rotatable bonds is 13. The summed E-state index contributed by atoms with van der Waals surface area (Å²) in [6.07, 6.45) is 5.98. The molecule has 6 aliphatic rings. The highest BCUT2D eigenvalue weighted by molar-refractivity contribution is 6.12. The molecule has 5 aromatic carbocycles. The van der Waals surface area contributed by atoms with Gasteiger partial charge in [-0.3, -0.25) is 38.6 Å². The smallest absolute Gasteiger partial charge is 0.306 e. The zero-order valence-electron chi connectivity index (χ0n) is 47.5. The second-order valence-electron chi connectivity index (χ2n) is 22.9. The molecule has 80 heavy (non-hydrogen) atoms. The van der Waals surface area contributed by atoms with Crippen molar-refractivity contribution in [1.82, 2.24) is 20.4 Å². The molecule has 0 saturated carbocycles. The Labute approximate surface area is 472 Å². The van der Waals surface area contributed by atoms with E-state index in [0.29, 0.717) is 0 Å². The maximum Gasteiger partial charge on any atom is 0.306 e. The highest BCUT2D eigenvalue weighted by Gasteiger charge is 2.53. The molecule has 0 bridgehead atoms. The minimum absolute atomic E-state index is 0.0191. The molecular formula is C65H79N7O8. The van der Waals surface area contributed by atoms with Gasteiger partial charge in [-0.05, 0) is 118 Å². The summed E-state index contributed by atoms with van der Waals surface area (Å²) in [5.74, 6) is -0.705. The minimum atomic E-state index is -0.856. The van der Waals surface area contributed by atoms with Crippen molar-refractivity contribution < 1.29 is 38.2 Å². The Kier molecular flexibility index (Phi) is 18.0. The molecule has 4 amide bonds. The number of nitrogens with one attached hydrogen (secondary N) is 2. The number of benzene rings is 5. The van der Waals surface area contributed by atoms with E-state index in [1.54, 1.807) is 7.05 Å². The van der Waals surface area contributed by atoms with Gasteiger partial charge in [0.05, 0.1) is 43.3 Å². The number of esters is 2. The fourth-order valence-electron chi connectivity index (χ4n) is 13.1. The van der Waals surface area contributed by atoms with Crippen molar-refractivity contribution in [3.05, 3.63) is 161 Å². The molecule has 0 aromatic heterocycles. The van der Waals surface area contributed by atoms with Crippen LogP contribution in [0.25, 0.3) is 0 Å². The number of anilines is 3. The Hall–Kier alpha value is -7.20. The van der Waals surface area contributed by atoms with Crippen molar-refractivity contribution in [2.75, 3.05) is 75.2 Å². The Morgan fingerprint density at radius 2 is 0.787 bits per heavy atom. The Balaban J connectivity index is 0.000000147. The minimum Gasteiger partial charge on any atom is -0.469 e. The molecule has 2 N–H and O–H groups in total. The number of para-hydroxylation sites is 3. The number of hydrogen-bond acceptors (Lipinski definition) is 11. The highest BCUT2D eigenvalue weighted by atomic mass is 16.5. The first-order valence-corrected chi connectivity index (χ1v) is 28.5. The molecule has 6 heterocycles. The van der Waals surface area contributed by atoms with Crippen LogP contribution in [0.4, 0.5) is 17.1 Å². The molecule has 0 radical (unpaired) electrons. The van der Waals surface area contributed by atoms with E-state index < -0.39 is 16.2 Å². The summed E-state index contributed by atoms with van der Waals surface area (Å²) in [4.78, 5) is 86.9. The third-order valence-electron chi connectivity index (χ3n) is 17.6. The number of nitrogens with zero attached hydrogens (tertiary/aromatic N) is 5. The number of fused-ring (bicyclic) bond motifs is 3. The van der Waals surface area contributed by atoms with Crippen LogP contribution in [0.2, 0.25) is 0 Å². The number of carbonyl (C=O) groups excluding carboxylic acids is 6. The number of methoxy groups -OCH3 is 2. The van der Waals surface area contributed by atoms with Crippen molar-refractivity contribution >= 4 is 52.6 Å². The summed E-state index contributed by atoms with van der Waals surface area (Å²) in [7, 11) is 4.36. The van der Waals surface area contributed by atoms with Crippen LogP contribution in [0.3, 0.4) is 0 Å². The van der Waals surface area contributed by atoms with E-state index in [-0.39, 0.29) is 73.0 Å². The van der Waals surface area contributed by atoms with Crippen LogP contribution in [0.5, 0.6) is 0 Å².